The second-order valence-electron chi connectivity index (χ2n) is 8.27. The van der Waals surface area contributed by atoms with E-state index in [1.54, 1.807) is 0 Å². The normalized spacial score (nSPS) is 14.7. The lowest BCUT2D eigenvalue weighted by Crippen LogP contribution is -2.46. The first-order valence-corrected chi connectivity index (χ1v) is 11.5. The van der Waals surface area contributed by atoms with Crippen LogP contribution in [0.25, 0.3) is 10.9 Å². The van der Waals surface area contributed by atoms with Crippen LogP contribution in [-0.4, -0.2) is 62.8 Å². The summed E-state index contributed by atoms with van der Waals surface area (Å²) in [6.07, 6.45) is 0. The second kappa shape index (κ2) is 8.92. The molecule has 0 unspecified atom stereocenters. The molecule has 10 heteroatoms. The molecule has 3 aromatic heterocycles. The minimum atomic E-state index is 0.230. The molecule has 4 aromatic rings. The van der Waals surface area contributed by atoms with Gasteiger partial charge in [-0.25, -0.2) is 0 Å². The van der Waals surface area contributed by atoms with Crippen LogP contribution in [0.1, 0.15) is 18.3 Å². The van der Waals surface area contributed by atoms with Crippen molar-refractivity contribution < 1.29 is 4.74 Å². The van der Waals surface area contributed by atoms with E-state index in [2.05, 4.69) is 42.2 Å². The maximum Gasteiger partial charge on any atom is 0.325 e. The van der Waals surface area contributed by atoms with Crippen molar-refractivity contribution in [3.8, 4) is 11.8 Å². The standard InChI is InChI=1S/C23H27ClN8O/c1-4-31-7-9-32(10-8-31)21-13-19(26-20-12-15(3)29-30-20)27-23(28-21)33-18-6-5-17-16(22(18)24)11-14(2)25-17/h5-6,11-13,25H,4,7-10H2,1-3H3,(H2,26,27,28,29,30). The van der Waals surface area contributed by atoms with E-state index in [4.69, 9.17) is 21.3 Å². The summed E-state index contributed by atoms with van der Waals surface area (Å²) in [6, 6.07) is 9.86. The predicted octanol–water partition coefficient (Wildman–Crippen LogP) is 4.63. The summed E-state index contributed by atoms with van der Waals surface area (Å²) in [5.41, 5.74) is 2.96. The van der Waals surface area contributed by atoms with Gasteiger partial charge < -0.3 is 24.8 Å². The van der Waals surface area contributed by atoms with Gasteiger partial charge in [0.2, 0.25) is 0 Å². The third kappa shape index (κ3) is 4.60. The Hall–Kier alpha value is -3.30. The molecule has 1 aromatic carbocycles. The molecular formula is C23H27ClN8O. The highest BCUT2D eigenvalue weighted by molar-refractivity contribution is 6.37. The molecule has 0 bridgehead atoms. The number of hydrogen-bond acceptors (Lipinski definition) is 7. The first-order chi connectivity index (χ1) is 16.0. The van der Waals surface area contributed by atoms with Gasteiger partial charge in [-0.3, -0.25) is 5.10 Å². The molecule has 0 amide bonds. The van der Waals surface area contributed by atoms with Crippen molar-refractivity contribution in [2.24, 2.45) is 0 Å². The summed E-state index contributed by atoms with van der Waals surface area (Å²) in [5, 5.41) is 11.9. The summed E-state index contributed by atoms with van der Waals surface area (Å²) >= 11 is 6.65. The van der Waals surface area contributed by atoms with E-state index in [1.165, 1.54) is 0 Å². The minimum absolute atomic E-state index is 0.230. The van der Waals surface area contributed by atoms with Crippen LogP contribution >= 0.6 is 11.6 Å². The average Bonchev–Trinajstić information content (AvgIpc) is 3.40. The Morgan fingerprint density at radius 1 is 1.03 bits per heavy atom. The summed E-state index contributed by atoms with van der Waals surface area (Å²) in [6.45, 7) is 11.0. The van der Waals surface area contributed by atoms with Gasteiger partial charge in [0.25, 0.3) is 0 Å². The van der Waals surface area contributed by atoms with Gasteiger partial charge in [-0.2, -0.15) is 15.1 Å². The fraction of sp³-hybridized carbons (Fsp3) is 0.348. The van der Waals surface area contributed by atoms with Gasteiger partial charge in [0.15, 0.2) is 5.82 Å². The highest BCUT2D eigenvalue weighted by atomic mass is 35.5. The number of aromatic amines is 2. The van der Waals surface area contributed by atoms with Crippen molar-refractivity contribution in [2.45, 2.75) is 20.8 Å². The molecule has 0 radical (unpaired) electrons. The third-order valence-corrected chi connectivity index (χ3v) is 6.23. The zero-order valence-electron chi connectivity index (χ0n) is 18.9. The fourth-order valence-electron chi connectivity index (χ4n) is 4.06. The van der Waals surface area contributed by atoms with Gasteiger partial charge in [-0.15, -0.1) is 0 Å². The Bertz CT molecular complexity index is 1270. The number of piperazine rings is 1. The highest BCUT2D eigenvalue weighted by Crippen LogP contribution is 2.36. The zero-order valence-corrected chi connectivity index (χ0v) is 19.7. The summed E-state index contributed by atoms with van der Waals surface area (Å²) in [4.78, 5) is 17.3. The summed E-state index contributed by atoms with van der Waals surface area (Å²) < 4.78 is 6.11. The van der Waals surface area contributed by atoms with Crippen LogP contribution in [0.5, 0.6) is 11.8 Å². The molecule has 5 rings (SSSR count). The quantitative estimate of drug-likeness (QED) is 0.381. The number of ether oxygens (including phenoxy) is 1. The molecule has 0 atom stereocenters. The maximum absolute atomic E-state index is 6.65. The lowest BCUT2D eigenvalue weighted by atomic mass is 10.2. The number of fused-ring (bicyclic) bond motifs is 1. The fourth-order valence-corrected chi connectivity index (χ4v) is 4.31. The number of halogens is 1. The van der Waals surface area contributed by atoms with Gasteiger partial charge in [0, 0.05) is 60.6 Å². The predicted molar refractivity (Wildman–Crippen MR) is 131 cm³/mol. The largest absolute Gasteiger partial charge is 0.423 e. The Kier molecular flexibility index (Phi) is 5.82. The van der Waals surface area contributed by atoms with Crippen LogP contribution in [-0.2, 0) is 0 Å². The summed E-state index contributed by atoms with van der Waals surface area (Å²) in [5.74, 6) is 2.60. The Morgan fingerprint density at radius 2 is 1.85 bits per heavy atom. The molecule has 1 aliphatic heterocycles. The van der Waals surface area contributed by atoms with Crippen LogP contribution in [0.3, 0.4) is 0 Å². The van der Waals surface area contributed by atoms with E-state index in [0.29, 0.717) is 22.4 Å². The van der Waals surface area contributed by atoms with Crippen LogP contribution in [0.15, 0.2) is 30.3 Å². The molecule has 1 fully saturated rings. The number of benzene rings is 1. The highest BCUT2D eigenvalue weighted by Gasteiger charge is 2.20. The monoisotopic (exact) mass is 466 g/mol. The third-order valence-electron chi connectivity index (χ3n) is 5.84. The molecule has 0 aliphatic carbocycles. The summed E-state index contributed by atoms with van der Waals surface area (Å²) in [7, 11) is 0. The van der Waals surface area contributed by atoms with Crippen molar-refractivity contribution >= 4 is 40.0 Å². The number of aryl methyl sites for hydroxylation is 2. The van der Waals surface area contributed by atoms with E-state index >= 15 is 0 Å². The molecule has 1 saturated heterocycles. The van der Waals surface area contributed by atoms with Crippen molar-refractivity contribution in [3.63, 3.8) is 0 Å². The van der Waals surface area contributed by atoms with Crippen LogP contribution < -0.4 is 15.0 Å². The van der Waals surface area contributed by atoms with Gasteiger partial charge in [-0.05, 0) is 38.6 Å². The van der Waals surface area contributed by atoms with Crippen molar-refractivity contribution in [3.05, 3.63) is 46.7 Å². The number of aromatic nitrogens is 5. The molecule has 33 heavy (non-hydrogen) atoms. The Balaban J connectivity index is 1.47. The maximum atomic E-state index is 6.65. The van der Waals surface area contributed by atoms with Crippen LogP contribution in [0, 0.1) is 13.8 Å². The van der Waals surface area contributed by atoms with E-state index in [1.807, 2.05) is 44.2 Å². The molecule has 3 N–H and O–H groups in total. The van der Waals surface area contributed by atoms with Crippen LogP contribution in [0.4, 0.5) is 17.5 Å². The number of nitrogens with one attached hydrogen (secondary N) is 3. The number of rotatable bonds is 6. The molecule has 0 spiro atoms. The van der Waals surface area contributed by atoms with E-state index < -0.39 is 0 Å². The van der Waals surface area contributed by atoms with Gasteiger partial charge >= 0.3 is 6.01 Å². The van der Waals surface area contributed by atoms with Crippen molar-refractivity contribution in [2.75, 3.05) is 42.9 Å². The van der Waals surface area contributed by atoms with Crippen molar-refractivity contribution in [1.82, 2.24) is 30.0 Å². The first kappa shape index (κ1) is 21.5. The number of anilines is 3. The molecule has 1 aliphatic rings. The minimum Gasteiger partial charge on any atom is -0.423 e. The van der Waals surface area contributed by atoms with E-state index in [-0.39, 0.29) is 6.01 Å². The zero-order chi connectivity index (χ0) is 22.9. The first-order valence-electron chi connectivity index (χ1n) is 11.1. The number of H-pyrrole nitrogens is 2. The lowest BCUT2D eigenvalue weighted by molar-refractivity contribution is 0.270. The van der Waals surface area contributed by atoms with Gasteiger partial charge in [0.1, 0.15) is 17.4 Å². The van der Waals surface area contributed by atoms with E-state index in [0.717, 1.165) is 60.8 Å². The van der Waals surface area contributed by atoms with Crippen LogP contribution in [0.2, 0.25) is 5.02 Å². The molecule has 4 heterocycles. The lowest BCUT2D eigenvalue weighted by Gasteiger charge is -2.34. The Morgan fingerprint density at radius 3 is 2.58 bits per heavy atom. The van der Waals surface area contributed by atoms with Gasteiger partial charge in [-0.1, -0.05) is 18.5 Å². The van der Waals surface area contributed by atoms with Crippen molar-refractivity contribution in [1.29, 1.82) is 0 Å². The van der Waals surface area contributed by atoms with E-state index in [9.17, 15) is 0 Å². The topological polar surface area (TPSA) is 98.0 Å². The molecule has 9 nitrogen and oxygen atoms in total. The number of hydrogen-bond donors (Lipinski definition) is 3. The SMILES string of the molecule is CCN1CCN(c2cc(Nc3cc(C)[nH]n3)nc(Oc3ccc4[nH]c(C)cc4c3Cl)n2)CC1. The average molecular weight is 467 g/mol. The number of likely N-dealkylation sites (N-methyl/N-ethyl adjacent to an activating group) is 1. The second-order valence-corrected chi connectivity index (χ2v) is 8.65. The molecule has 172 valence electrons. The smallest absolute Gasteiger partial charge is 0.325 e. The number of nitrogens with zero attached hydrogens (tertiary/aromatic N) is 5. The molecular weight excluding hydrogens is 440 g/mol. The Labute approximate surface area is 197 Å². The molecule has 0 saturated carbocycles. The van der Waals surface area contributed by atoms with Gasteiger partial charge in [0.05, 0.1) is 5.02 Å².